The maximum absolute atomic E-state index is 14.0. The highest BCUT2D eigenvalue weighted by Crippen LogP contribution is 2.37. The Labute approximate surface area is 155 Å². The van der Waals surface area contributed by atoms with Crippen LogP contribution in [0, 0.1) is 22.9 Å². The first-order valence-electron chi connectivity index (χ1n) is 8.36. The summed E-state index contributed by atoms with van der Waals surface area (Å²) >= 11 is 0. The van der Waals surface area contributed by atoms with E-state index in [9.17, 15) is 14.5 Å². The predicted octanol–water partition coefficient (Wildman–Crippen LogP) is 4.73. The second-order valence-corrected chi connectivity index (χ2v) is 5.84. The van der Waals surface area contributed by atoms with Gasteiger partial charge in [-0.15, -0.1) is 0 Å². The second kappa shape index (κ2) is 7.77. The molecular weight excluding hydrogens is 349 g/mol. The molecule has 0 aliphatic carbocycles. The van der Waals surface area contributed by atoms with E-state index in [0.717, 1.165) is 11.3 Å². The number of aryl methyl sites for hydroxylation is 1. The molecule has 2 aromatic carbocycles. The van der Waals surface area contributed by atoms with Crippen LogP contribution in [0.5, 0.6) is 0 Å². The number of halogens is 1. The van der Waals surface area contributed by atoms with Crippen LogP contribution in [-0.4, -0.2) is 21.4 Å². The van der Waals surface area contributed by atoms with Gasteiger partial charge in [-0.1, -0.05) is 24.3 Å². The van der Waals surface area contributed by atoms with Crippen LogP contribution >= 0.6 is 0 Å². The maximum atomic E-state index is 14.0. The monoisotopic (exact) mass is 367 g/mol. The summed E-state index contributed by atoms with van der Waals surface area (Å²) in [5.41, 5.74) is 1.58. The Hall–Kier alpha value is -3.55. The number of hydrogen-bond acceptors (Lipinski definition) is 6. The highest BCUT2D eigenvalue weighted by molar-refractivity contribution is 5.78. The molecule has 0 radical (unpaired) electrons. The Morgan fingerprint density at radius 1 is 1.19 bits per heavy atom. The second-order valence-electron chi connectivity index (χ2n) is 5.84. The fourth-order valence-electron chi connectivity index (χ4n) is 2.77. The molecule has 27 heavy (non-hydrogen) atoms. The first kappa shape index (κ1) is 18.2. The lowest BCUT2D eigenvalue weighted by atomic mass is 10.2. The average Bonchev–Trinajstić information content (AvgIpc) is 2.64. The molecule has 3 rings (SSSR count). The molecule has 0 spiro atoms. The van der Waals surface area contributed by atoms with Crippen molar-refractivity contribution in [1.29, 1.82) is 0 Å². The summed E-state index contributed by atoms with van der Waals surface area (Å²) in [5, 5.41) is 14.5. The summed E-state index contributed by atoms with van der Waals surface area (Å²) in [6.45, 7) is 4.27. The van der Waals surface area contributed by atoms with E-state index in [4.69, 9.17) is 0 Å². The molecule has 0 aliphatic rings. The molecule has 1 aromatic heterocycles. The Morgan fingerprint density at radius 3 is 2.63 bits per heavy atom. The van der Waals surface area contributed by atoms with Gasteiger partial charge in [0.1, 0.15) is 12.1 Å². The maximum Gasteiger partial charge on any atom is 0.354 e. The van der Waals surface area contributed by atoms with Gasteiger partial charge in [0.05, 0.1) is 10.6 Å². The van der Waals surface area contributed by atoms with E-state index in [-0.39, 0.29) is 23.0 Å². The number of nitrogens with one attached hydrogen (secondary N) is 1. The first-order chi connectivity index (χ1) is 13.0. The molecule has 0 aliphatic heterocycles. The normalized spacial score (nSPS) is 10.5. The largest absolute Gasteiger partial charge is 0.354 e. The topological polar surface area (TPSA) is 84.2 Å². The number of para-hydroxylation sites is 1. The highest BCUT2D eigenvalue weighted by atomic mass is 19.1. The Balaban J connectivity index is 2.10. The quantitative estimate of drug-likeness (QED) is 0.501. The summed E-state index contributed by atoms with van der Waals surface area (Å²) in [5.74, 6) is -0.457. The molecule has 138 valence electrons. The molecule has 1 heterocycles. The van der Waals surface area contributed by atoms with Gasteiger partial charge >= 0.3 is 5.69 Å². The average molecular weight is 367 g/mol. The van der Waals surface area contributed by atoms with Gasteiger partial charge in [-0.25, -0.2) is 14.4 Å². The number of nitrogens with zero attached hydrogens (tertiary/aromatic N) is 4. The van der Waals surface area contributed by atoms with Gasteiger partial charge in [-0.2, -0.15) is 0 Å². The van der Waals surface area contributed by atoms with Crippen molar-refractivity contribution in [3.63, 3.8) is 0 Å². The molecule has 1 N–H and O–H groups in total. The third kappa shape index (κ3) is 3.84. The van der Waals surface area contributed by atoms with Crippen LogP contribution in [0.2, 0.25) is 0 Å². The number of aromatic nitrogens is 2. The van der Waals surface area contributed by atoms with Crippen LogP contribution in [0.4, 0.5) is 33.1 Å². The predicted molar refractivity (Wildman–Crippen MR) is 102 cm³/mol. The molecule has 0 bridgehead atoms. The number of hydrogen-bond donors (Lipinski definition) is 1. The molecule has 8 heteroatoms. The van der Waals surface area contributed by atoms with Gasteiger partial charge in [-0.05, 0) is 43.7 Å². The zero-order chi connectivity index (χ0) is 19.4. The Bertz CT molecular complexity index is 980. The van der Waals surface area contributed by atoms with E-state index >= 15 is 0 Å². The number of benzene rings is 2. The van der Waals surface area contributed by atoms with Gasteiger partial charge in [0.25, 0.3) is 0 Å². The third-order valence-electron chi connectivity index (χ3n) is 4.00. The van der Waals surface area contributed by atoms with Gasteiger partial charge < -0.3 is 10.2 Å². The summed E-state index contributed by atoms with van der Waals surface area (Å²) in [6.07, 6.45) is 1.23. The van der Waals surface area contributed by atoms with Crippen molar-refractivity contribution in [3.8, 4) is 0 Å². The molecule has 0 saturated carbocycles. The molecule has 0 saturated heterocycles. The summed E-state index contributed by atoms with van der Waals surface area (Å²) in [6, 6.07) is 13.5. The van der Waals surface area contributed by atoms with E-state index in [2.05, 4.69) is 15.3 Å². The van der Waals surface area contributed by atoms with Crippen LogP contribution in [0.15, 0.2) is 54.9 Å². The van der Waals surface area contributed by atoms with Gasteiger partial charge in [0, 0.05) is 12.2 Å². The SMILES string of the molecule is CCN(c1cccc(C)c1)c1ncnc(Nc2ccccc2F)c1[N+](=O)[O-]. The first-order valence-corrected chi connectivity index (χ1v) is 8.36. The van der Waals surface area contributed by atoms with Crippen LogP contribution in [0.3, 0.4) is 0 Å². The van der Waals surface area contributed by atoms with Crippen molar-refractivity contribution in [2.45, 2.75) is 13.8 Å². The minimum atomic E-state index is -0.559. The molecular formula is C19H18FN5O2. The number of nitro groups is 1. The number of rotatable bonds is 6. The van der Waals surface area contributed by atoms with Crippen LogP contribution in [-0.2, 0) is 0 Å². The van der Waals surface area contributed by atoms with E-state index in [0.29, 0.717) is 6.54 Å². The summed E-state index contributed by atoms with van der Waals surface area (Å²) < 4.78 is 14.0. The lowest BCUT2D eigenvalue weighted by Gasteiger charge is -2.22. The Kier molecular flexibility index (Phi) is 5.25. The van der Waals surface area contributed by atoms with Crippen molar-refractivity contribution < 1.29 is 9.31 Å². The van der Waals surface area contributed by atoms with Gasteiger partial charge in [0.2, 0.25) is 11.6 Å². The van der Waals surface area contributed by atoms with E-state index in [1.165, 1.54) is 24.5 Å². The lowest BCUT2D eigenvalue weighted by molar-refractivity contribution is -0.383. The summed E-state index contributed by atoms with van der Waals surface area (Å²) in [7, 11) is 0. The van der Waals surface area contributed by atoms with Gasteiger partial charge in [0.15, 0.2) is 0 Å². The van der Waals surface area contributed by atoms with Crippen molar-refractivity contribution >= 4 is 28.7 Å². The minimum Gasteiger partial charge on any atom is -0.332 e. The van der Waals surface area contributed by atoms with Gasteiger partial charge in [-0.3, -0.25) is 10.1 Å². The lowest BCUT2D eigenvalue weighted by Crippen LogP contribution is -2.20. The fraction of sp³-hybridized carbons (Fsp3) is 0.158. The fourth-order valence-corrected chi connectivity index (χ4v) is 2.77. The van der Waals surface area contributed by atoms with Crippen molar-refractivity contribution in [2.75, 3.05) is 16.8 Å². The zero-order valence-corrected chi connectivity index (χ0v) is 14.9. The smallest absolute Gasteiger partial charge is 0.332 e. The summed E-state index contributed by atoms with van der Waals surface area (Å²) in [4.78, 5) is 21.1. The standard InChI is InChI=1S/C19H18FN5O2/c1-3-24(14-8-6-7-13(2)11-14)19-17(25(26)27)18(21-12-22-19)23-16-10-5-4-9-15(16)20/h4-12H,3H2,1-2H3,(H,21,22,23). The van der Waals surface area contributed by atoms with Crippen molar-refractivity contribution in [2.24, 2.45) is 0 Å². The molecule has 7 nitrogen and oxygen atoms in total. The van der Waals surface area contributed by atoms with Crippen LogP contribution in [0.1, 0.15) is 12.5 Å². The Morgan fingerprint density at radius 2 is 1.96 bits per heavy atom. The zero-order valence-electron chi connectivity index (χ0n) is 14.9. The van der Waals surface area contributed by atoms with E-state index in [1.54, 1.807) is 11.0 Å². The van der Waals surface area contributed by atoms with Crippen molar-refractivity contribution in [1.82, 2.24) is 9.97 Å². The molecule has 0 fully saturated rings. The minimum absolute atomic E-state index is 0.0683. The van der Waals surface area contributed by atoms with Crippen LogP contribution in [0.25, 0.3) is 0 Å². The molecule has 0 atom stereocenters. The van der Waals surface area contributed by atoms with E-state index < -0.39 is 10.7 Å². The third-order valence-corrected chi connectivity index (χ3v) is 4.00. The van der Waals surface area contributed by atoms with E-state index in [1.807, 2.05) is 38.1 Å². The van der Waals surface area contributed by atoms with Crippen LogP contribution < -0.4 is 10.2 Å². The van der Waals surface area contributed by atoms with Crippen molar-refractivity contribution in [3.05, 3.63) is 76.4 Å². The highest BCUT2D eigenvalue weighted by Gasteiger charge is 2.27. The molecule has 0 amide bonds. The molecule has 3 aromatic rings. The number of anilines is 4. The molecule has 0 unspecified atom stereocenters.